The molecule has 1 amide bonds. The first-order valence-corrected chi connectivity index (χ1v) is 7.37. The summed E-state index contributed by atoms with van der Waals surface area (Å²) in [4.78, 5) is 19.1. The van der Waals surface area contributed by atoms with E-state index in [1.807, 2.05) is 22.4 Å². The summed E-state index contributed by atoms with van der Waals surface area (Å²) in [6, 6.07) is 3.56. The summed E-state index contributed by atoms with van der Waals surface area (Å²) >= 11 is 5.98. The van der Waals surface area contributed by atoms with Gasteiger partial charge in [0.1, 0.15) is 11.3 Å². The fourth-order valence-corrected chi connectivity index (χ4v) is 2.91. The van der Waals surface area contributed by atoms with E-state index in [0.717, 1.165) is 37.3 Å². The molecule has 0 bridgehead atoms. The van der Waals surface area contributed by atoms with Crippen molar-refractivity contribution in [1.29, 1.82) is 0 Å². The van der Waals surface area contributed by atoms with Crippen LogP contribution in [0.3, 0.4) is 0 Å². The molecule has 0 atom stereocenters. The SMILES string of the molecule is Cc1nc2cc(Cl)ccn2c1C(=O)N1CCC(C)CC1. The zero-order chi connectivity index (χ0) is 14.3. The predicted molar refractivity (Wildman–Crippen MR) is 79.2 cm³/mol. The van der Waals surface area contributed by atoms with Crippen LogP contribution in [0.1, 0.15) is 35.9 Å². The minimum absolute atomic E-state index is 0.0734. The third-order valence-electron chi connectivity index (χ3n) is 4.04. The number of nitrogens with zero attached hydrogens (tertiary/aromatic N) is 3. The lowest BCUT2D eigenvalue weighted by molar-refractivity contribution is 0.0689. The van der Waals surface area contributed by atoms with E-state index in [9.17, 15) is 4.79 Å². The summed E-state index contributed by atoms with van der Waals surface area (Å²) in [5.74, 6) is 0.783. The van der Waals surface area contributed by atoms with Crippen LogP contribution in [0.2, 0.25) is 5.02 Å². The van der Waals surface area contributed by atoms with E-state index in [1.165, 1.54) is 0 Å². The molecule has 0 unspecified atom stereocenters. The molecule has 4 nitrogen and oxygen atoms in total. The molecular formula is C15H18ClN3O. The molecule has 1 fully saturated rings. The van der Waals surface area contributed by atoms with Gasteiger partial charge >= 0.3 is 0 Å². The number of hydrogen-bond acceptors (Lipinski definition) is 2. The van der Waals surface area contributed by atoms with Crippen LogP contribution in [0.5, 0.6) is 0 Å². The van der Waals surface area contributed by atoms with Crippen molar-refractivity contribution in [2.24, 2.45) is 5.92 Å². The second kappa shape index (κ2) is 5.09. The van der Waals surface area contributed by atoms with Gasteiger partial charge in [-0.05, 0) is 31.7 Å². The maximum absolute atomic E-state index is 12.7. The lowest BCUT2D eigenvalue weighted by atomic mass is 9.99. The molecule has 1 aliphatic heterocycles. The molecule has 2 aromatic heterocycles. The number of fused-ring (bicyclic) bond motifs is 1. The molecule has 1 aliphatic rings. The van der Waals surface area contributed by atoms with Crippen molar-refractivity contribution >= 4 is 23.2 Å². The number of aryl methyl sites for hydroxylation is 1. The standard InChI is InChI=1S/C15H18ClN3O/c1-10-3-6-18(7-4-10)15(20)14-11(2)17-13-9-12(16)5-8-19(13)14/h5,8-10H,3-4,6-7H2,1-2H3. The molecule has 1 saturated heterocycles. The second-order valence-corrected chi connectivity index (χ2v) is 6.03. The molecule has 0 radical (unpaired) electrons. The van der Waals surface area contributed by atoms with Gasteiger partial charge in [-0.15, -0.1) is 0 Å². The number of hydrogen-bond donors (Lipinski definition) is 0. The first-order chi connectivity index (χ1) is 9.56. The van der Waals surface area contributed by atoms with Crippen LogP contribution in [0.15, 0.2) is 18.3 Å². The molecule has 2 aromatic rings. The molecule has 20 heavy (non-hydrogen) atoms. The van der Waals surface area contributed by atoms with Crippen LogP contribution in [0.4, 0.5) is 0 Å². The van der Waals surface area contributed by atoms with Crippen LogP contribution in [-0.4, -0.2) is 33.3 Å². The van der Waals surface area contributed by atoms with E-state index in [1.54, 1.807) is 12.1 Å². The number of aromatic nitrogens is 2. The molecular weight excluding hydrogens is 274 g/mol. The van der Waals surface area contributed by atoms with Gasteiger partial charge in [-0.1, -0.05) is 18.5 Å². The van der Waals surface area contributed by atoms with Gasteiger partial charge in [0.2, 0.25) is 0 Å². The lowest BCUT2D eigenvalue weighted by Gasteiger charge is -2.30. The highest BCUT2D eigenvalue weighted by Crippen LogP contribution is 2.21. The summed E-state index contributed by atoms with van der Waals surface area (Å²) in [5, 5.41) is 0.633. The largest absolute Gasteiger partial charge is 0.337 e. The first-order valence-electron chi connectivity index (χ1n) is 7.00. The molecule has 3 rings (SSSR count). The summed E-state index contributed by atoms with van der Waals surface area (Å²) in [5.41, 5.74) is 2.14. The summed E-state index contributed by atoms with van der Waals surface area (Å²) in [7, 11) is 0. The number of amides is 1. The van der Waals surface area contributed by atoms with E-state index in [4.69, 9.17) is 11.6 Å². The fourth-order valence-electron chi connectivity index (χ4n) is 2.76. The Hall–Kier alpha value is -1.55. The summed E-state index contributed by atoms with van der Waals surface area (Å²) < 4.78 is 1.83. The van der Waals surface area contributed by atoms with Crippen molar-refractivity contribution in [3.8, 4) is 0 Å². The number of halogens is 1. The Balaban J connectivity index is 1.97. The monoisotopic (exact) mass is 291 g/mol. The van der Waals surface area contributed by atoms with Gasteiger partial charge in [0.15, 0.2) is 0 Å². The highest BCUT2D eigenvalue weighted by molar-refractivity contribution is 6.30. The third kappa shape index (κ3) is 2.29. The van der Waals surface area contributed by atoms with Crippen LogP contribution in [0.25, 0.3) is 5.65 Å². The van der Waals surface area contributed by atoms with E-state index < -0.39 is 0 Å². The number of carbonyl (C=O) groups excluding carboxylic acids is 1. The normalized spacial score (nSPS) is 16.9. The summed E-state index contributed by atoms with van der Waals surface area (Å²) in [6.45, 7) is 5.78. The van der Waals surface area contributed by atoms with Crippen molar-refractivity contribution in [1.82, 2.24) is 14.3 Å². The Labute approximate surface area is 123 Å². The number of rotatable bonds is 1. The van der Waals surface area contributed by atoms with Gasteiger partial charge in [-0.3, -0.25) is 9.20 Å². The number of likely N-dealkylation sites (tertiary alicyclic amines) is 1. The van der Waals surface area contributed by atoms with Gasteiger partial charge in [-0.2, -0.15) is 0 Å². The van der Waals surface area contributed by atoms with Gasteiger partial charge in [0.05, 0.1) is 5.69 Å². The Morgan fingerprint density at radius 2 is 2.10 bits per heavy atom. The van der Waals surface area contributed by atoms with E-state index in [2.05, 4.69) is 11.9 Å². The Bertz CT molecular complexity index is 656. The minimum Gasteiger partial charge on any atom is -0.337 e. The predicted octanol–water partition coefficient (Wildman–Crippen LogP) is 3.17. The van der Waals surface area contributed by atoms with Gasteiger partial charge in [0, 0.05) is 30.4 Å². The number of imidazole rings is 1. The number of carbonyl (C=O) groups is 1. The van der Waals surface area contributed by atoms with Crippen LogP contribution in [-0.2, 0) is 0 Å². The van der Waals surface area contributed by atoms with Crippen molar-refractivity contribution in [2.75, 3.05) is 13.1 Å². The lowest BCUT2D eigenvalue weighted by Crippen LogP contribution is -2.38. The highest BCUT2D eigenvalue weighted by atomic mass is 35.5. The topological polar surface area (TPSA) is 37.6 Å². The molecule has 5 heteroatoms. The smallest absolute Gasteiger partial charge is 0.272 e. The van der Waals surface area contributed by atoms with Crippen LogP contribution in [0, 0.1) is 12.8 Å². The van der Waals surface area contributed by atoms with Crippen molar-refractivity contribution in [3.05, 3.63) is 34.7 Å². The van der Waals surface area contributed by atoms with Crippen LogP contribution < -0.4 is 0 Å². The zero-order valence-electron chi connectivity index (χ0n) is 11.8. The molecule has 0 N–H and O–H groups in total. The zero-order valence-corrected chi connectivity index (χ0v) is 12.5. The fraction of sp³-hybridized carbons (Fsp3) is 0.467. The molecule has 0 saturated carbocycles. The second-order valence-electron chi connectivity index (χ2n) is 5.59. The first kappa shape index (κ1) is 13.4. The molecule has 0 aromatic carbocycles. The van der Waals surface area contributed by atoms with Gasteiger partial charge < -0.3 is 4.90 Å². The highest BCUT2D eigenvalue weighted by Gasteiger charge is 2.25. The van der Waals surface area contributed by atoms with Gasteiger partial charge in [-0.25, -0.2) is 4.98 Å². The van der Waals surface area contributed by atoms with E-state index in [-0.39, 0.29) is 5.91 Å². The molecule has 3 heterocycles. The third-order valence-corrected chi connectivity index (χ3v) is 4.27. The van der Waals surface area contributed by atoms with Crippen LogP contribution >= 0.6 is 11.6 Å². The van der Waals surface area contributed by atoms with Crippen molar-refractivity contribution in [3.63, 3.8) is 0 Å². The number of pyridine rings is 1. The van der Waals surface area contributed by atoms with E-state index >= 15 is 0 Å². The maximum atomic E-state index is 12.7. The average molecular weight is 292 g/mol. The van der Waals surface area contributed by atoms with Crippen molar-refractivity contribution < 1.29 is 4.79 Å². The maximum Gasteiger partial charge on any atom is 0.272 e. The Morgan fingerprint density at radius 3 is 2.80 bits per heavy atom. The van der Waals surface area contributed by atoms with Crippen molar-refractivity contribution in [2.45, 2.75) is 26.7 Å². The van der Waals surface area contributed by atoms with E-state index in [0.29, 0.717) is 16.6 Å². The molecule has 0 spiro atoms. The number of piperidine rings is 1. The Morgan fingerprint density at radius 1 is 1.40 bits per heavy atom. The average Bonchev–Trinajstić information content (AvgIpc) is 2.73. The Kier molecular flexibility index (Phi) is 3.42. The molecule has 106 valence electrons. The van der Waals surface area contributed by atoms with Gasteiger partial charge in [0.25, 0.3) is 5.91 Å². The quantitative estimate of drug-likeness (QED) is 0.809. The molecule has 0 aliphatic carbocycles. The summed E-state index contributed by atoms with van der Waals surface area (Å²) in [6.07, 6.45) is 3.97. The minimum atomic E-state index is 0.0734.